The van der Waals surface area contributed by atoms with Gasteiger partial charge in [0.15, 0.2) is 5.96 Å². The van der Waals surface area contributed by atoms with E-state index in [1.54, 1.807) is 0 Å². The van der Waals surface area contributed by atoms with Crippen LogP contribution < -0.4 is 15.5 Å². The second kappa shape index (κ2) is 11.3. The third-order valence-electron chi connectivity index (χ3n) is 4.38. The molecule has 1 fully saturated rings. The van der Waals surface area contributed by atoms with Gasteiger partial charge in [0.1, 0.15) is 5.82 Å². The van der Waals surface area contributed by atoms with Crippen molar-refractivity contribution < 1.29 is 0 Å². The first-order valence-electron chi connectivity index (χ1n) is 9.21. The Labute approximate surface area is 183 Å². The van der Waals surface area contributed by atoms with Crippen LogP contribution in [0.1, 0.15) is 30.9 Å². The Kier molecular flexibility index (Phi) is 9.14. The first kappa shape index (κ1) is 21.8. The molecule has 0 radical (unpaired) electrons. The summed E-state index contributed by atoms with van der Waals surface area (Å²) in [5.41, 5.74) is 2.34. The SMILES string of the molecule is CCNC(=NCc1ccnc(N2CCCC2)c1)NCc1ccc(Cl)cc1.I. The van der Waals surface area contributed by atoms with Gasteiger partial charge in [-0.05, 0) is 55.2 Å². The topological polar surface area (TPSA) is 52.6 Å². The average molecular weight is 500 g/mol. The first-order chi connectivity index (χ1) is 12.7. The molecule has 0 unspecified atom stereocenters. The maximum Gasteiger partial charge on any atom is 0.191 e. The van der Waals surface area contributed by atoms with Crippen LogP contribution in [0, 0.1) is 0 Å². The van der Waals surface area contributed by atoms with E-state index in [-0.39, 0.29) is 24.0 Å². The van der Waals surface area contributed by atoms with Gasteiger partial charge in [-0.25, -0.2) is 9.98 Å². The molecule has 0 spiro atoms. The molecule has 1 aliphatic heterocycles. The summed E-state index contributed by atoms with van der Waals surface area (Å²) < 4.78 is 0. The second-order valence-electron chi connectivity index (χ2n) is 6.39. The normalized spacial score (nSPS) is 14.0. The van der Waals surface area contributed by atoms with E-state index in [0.29, 0.717) is 13.1 Å². The Balaban J connectivity index is 0.00000261. The fourth-order valence-electron chi connectivity index (χ4n) is 2.98. The maximum absolute atomic E-state index is 5.94. The zero-order valence-electron chi connectivity index (χ0n) is 15.6. The summed E-state index contributed by atoms with van der Waals surface area (Å²) in [7, 11) is 0. The van der Waals surface area contributed by atoms with Crippen LogP contribution in [0.4, 0.5) is 5.82 Å². The summed E-state index contributed by atoms with van der Waals surface area (Å²) in [6.45, 7) is 6.42. The molecule has 146 valence electrons. The molecule has 1 saturated heterocycles. The fourth-order valence-corrected chi connectivity index (χ4v) is 3.10. The van der Waals surface area contributed by atoms with E-state index in [1.807, 2.05) is 36.5 Å². The molecule has 0 bridgehead atoms. The lowest BCUT2D eigenvalue weighted by atomic mass is 10.2. The Morgan fingerprint density at radius 1 is 1.11 bits per heavy atom. The molecule has 2 N–H and O–H groups in total. The van der Waals surface area contributed by atoms with Gasteiger partial charge in [0, 0.05) is 37.4 Å². The highest BCUT2D eigenvalue weighted by molar-refractivity contribution is 14.0. The average Bonchev–Trinajstić information content (AvgIpc) is 3.20. The smallest absolute Gasteiger partial charge is 0.191 e. The maximum atomic E-state index is 5.94. The van der Waals surface area contributed by atoms with Crippen molar-refractivity contribution in [1.29, 1.82) is 0 Å². The molecule has 1 aromatic carbocycles. The molecule has 7 heteroatoms. The lowest BCUT2D eigenvalue weighted by Crippen LogP contribution is -2.36. The van der Waals surface area contributed by atoms with Crippen molar-refractivity contribution >= 4 is 47.4 Å². The lowest BCUT2D eigenvalue weighted by Gasteiger charge is -2.16. The number of aromatic nitrogens is 1. The number of hydrogen-bond acceptors (Lipinski definition) is 3. The molecular weight excluding hydrogens is 473 g/mol. The number of nitrogens with one attached hydrogen (secondary N) is 2. The van der Waals surface area contributed by atoms with Crippen molar-refractivity contribution in [2.75, 3.05) is 24.5 Å². The number of anilines is 1. The Morgan fingerprint density at radius 2 is 1.85 bits per heavy atom. The van der Waals surface area contributed by atoms with Crippen molar-refractivity contribution in [3.8, 4) is 0 Å². The minimum atomic E-state index is 0. The van der Waals surface area contributed by atoms with Gasteiger partial charge in [0.25, 0.3) is 0 Å². The molecule has 2 heterocycles. The van der Waals surface area contributed by atoms with Crippen LogP contribution in [0.25, 0.3) is 0 Å². The highest BCUT2D eigenvalue weighted by Gasteiger charge is 2.13. The van der Waals surface area contributed by atoms with Crippen LogP contribution in [0.15, 0.2) is 47.6 Å². The van der Waals surface area contributed by atoms with Crippen LogP contribution in [-0.4, -0.2) is 30.6 Å². The number of aliphatic imine (C=N–C) groups is 1. The van der Waals surface area contributed by atoms with Gasteiger partial charge >= 0.3 is 0 Å². The number of halogens is 2. The van der Waals surface area contributed by atoms with Crippen molar-refractivity contribution in [3.05, 3.63) is 58.7 Å². The van der Waals surface area contributed by atoms with Gasteiger partial charge in [-0.2, -0.15) is 0 Å². The predicted molar refractivity (Wildman–Crippen MR) is 124 cm³/mol. The third kappa shape index (κ3) is 6.84. The van der Waals surface area contributed by atoms with Gasteiger partial charge in [-0.1, -0.05) is 23.7 Å². The zero-order chi connectivity index (χ0) is 18.2. The number of guanidine groups is 1. The van der Waals surface area contributed by atoms with Gasteiger partial charge in [0.05, 0.1) is 6.54 Å². The van der Waals surface area contributed by atoms with E-state index in [0.717, 1.165) is 36.4 Å². The van der Waals surface area contributed by atoms with Crippen molar-refractivity contribution in [3.63, 3.8) is 0 Å². The molecule has 0 atom stereocenters. The third-order valence-corrected chi connectivity index (χ3v) is 4.63. The summed E-state index contributed by atoms with van der Waals surface area (Å²) in [6.07, 6.45) is 4.39. The van der Waals surface area contributed by atoms with Crippen LogP contribution in [0.2, 0.25) is 5.02 Å². The number of rotatable bonds is 6. The molecule has 1 aromatic heterocycles. The second-order valence-corrected chi connectivity index (χ2v) is 6.83. The summed E-state index contributed by atoms with van der Waals surface area (Å²) in [5, 5.41) is 7.41. The molecular formula is C20H27ClIN5. The largest absolute Gasteiger partial charge is 0.357 e. The van der Waals surface area contributed by atoms with Crippen LogP contribution in [0.5, 0.6) is 0 Å². The lowest BCUT2D eigenvalue weighted by molar-refractivity contribution is 0.815. The van der Waals surface area contributed by atoms with Gasteiger partial charge in [0.2, 0.25) is 0 Å². The molecule has 1 aliphatic rings. The number of nitrogens with zero attached hydrogens (tertiary/aromatic N) is 3. The van der Waals surface area contributed by atoms with E-state index in [1.165, 1.54) is 24.0 Å². The van der Waals surface area contributed by atoms with Crippen LogP contribution in [0.3, 0.4) is 0 Å². The minimum Gasteiger partial charge on any atom is -0.357 e. The van der Waals surface area contributed by atoms with E-state index >= 15 is 0 Å². The van der Waals surface area contributed by atoms with E-state index in [4.69, 9.17) is 16.6 Å². The monoisotopic (exact) mass is 499 g/mol. The van der Waals surface area contributed by atoms with Gasteiger partial charge in [-0.15, -0.1) is 24.0 Å². The quantitative estimate of drug-likeness (QED) is 0.355. The minimum absolute atomic E-state index is 0. The summed E-state index contributed by atoms with van der Waals surface area (Å²) >= 11 is 5.94. The molecule has 5 nitrogen and oxygen atoms in total. The molecule has 0 aliphatic carbocycles. The number of pyridine rings is 1. The molecule has 2 aromatic rings. The van der Waals surface area contributed by atoms with Crippen LogP contribution in [-0.2, 0) is 13.1 Å². The number of benzene rings is 1. The van der Waals surface area contributed by atoms with E-state index in [2.05, 4.69) is 33.5 Å². The van der Waals surface area contributed by atoms with Gasteiger partial charge < -0.3 is 15.5 Å². The summed E-state index contributed by atoms with van der Waals surface area (Å²) in [6, 6.07) is 12.0. The molecule has 27 heavy (non-hydrogen) atoms. The standard InChI is InChI=1S/C20H26ClN5.HI/c1-2-22-20(24-14-16-5-7-18(21)8-6-16)25-15-17-9-10-23-19(13-17)26-11-3-4-12-26;/h5-10,13H,2-4,11-12,14-15H2,1H3,(H2,22,24,25);1H. The fraction of sp³-hybridized carbons (Fsp3) is 0.400. The highest BCUT2D eigenvalue weighted by Crippen LogP contribution is 2.18. The van der Waals surface area contributed by atoms with Crippen molar-refractivity contribution in [1.82, 2.24) is 15.6 Å². The molecule has 0 saturated carbocycles. The number of hydrogen-bond donors (Lipinski definition) is 2. The van der Waals surface area contributed by atoms with Crippen molar-refractivity contribution in [2.45, 2.75) is 32.9 Å². The highest BCUT2D eigenvalue weighted by atomic mass is 127. The Bertz CT molecular complexity index is 729. The Hall–Kier alpha value is -1.54. The van der Waals surface area contributed by atoms with E-state index in [9.17, 15) is 0 Å². The van der Waals surface area contributed by atoms with Gasteiger partial charge in [-0.3, -0.25) is 0 Å². The molecule has 3 rings (SSSR count). The zero-order valence-corrected chi connectivity index (χ0v) is 18.7. The molecule has 0 amide bonds. The Morgan fingerprint density at radius 3 is 2.56 bits per heavy atom. The predicted octanol–water partition coefficient (Wildman–Crippen LogP) is 4.21. The van der Waals surface area contributed by atoms with Crippen LogP contribution >= 0.6 is 35.6 Å². The summed E-state index contributed by atoms with van der Waals surface area (Å²) in [5.74, 6) is 1.87. The first-order valence-corrected chi connectivity index (χ1v) is 9.59. The summed E-state index contributed by atoms with van der Waals surface area (Å²) in [4.78, 5) is 11.6. The van der Waals surface area contributed by atoms with Crippen molar-refractivity contribution in [2.24, 2.45) is 4.99 Å². The van der Waals surface area contributed by atoms with E-state index < -0.39 is 0 Å².